The van der Waals surface area contributed by atoms with Gasteiger partial charge in [-0.1, -0.05) is 0 Å². The Hall–Kier alpha value is -0.170. The number of nitrogens with zero attached hydrogens (tertiary/aromatic N) is 1. The van der Waals surface area contributed by atoms with E-state index in [0.29, 0.717) is 13.2 Å². The molecule has 6 heteroatoms. The molecule has 2 fully saturated rings. The smallest absolute Gasteiger partial charge is 0.219 e. The predicted octanol–water partition coefficient (Wildman–Crippen LogP) is -0.211. The van der Waals surface area contributed by atoms with Crippen molar-refractivity contribution in [3.8, 4) is 0 Å². The Kier molecular flexibility index (Phi) is 3.84. The van der Waals surface area contributed by atoms with E-state index in [1.807, 2.05) is 0 Å². The van der Waals surface area contributed by atoms with Crippen LogP contribution in [0.1, 0.15) is 19.3 Å². The molecular weight excluding hydrogens is 228 g/mol. The Morgan fingerprint density at radius 2 is 2.19 bits per heavy atom. The fourth-order valence-electron chi connectivity index (χ4n) is 2.34. The Labute approximate surface area is 97.2 Å². The highest BCUT2D eigenvalue weighted by atomic mass is 32.2. The van der Waals surface area contributed by atoms with Gasteiger partial charge in [0.2, 0.25) is 10.0 Å². The summed E-state index contributed by atoms with van der Waals surface area (Å²) in [6.45, 7) is 2.72. The van der Waals surface area contributed by atoms with Crippen molar-refractivity contribution in [2.45, 2.75) is 30.6 Å². The summed E-state index contributed by atoms with van der Waals surface area (Å²) in [5, 5.41) is 2.85. The summed E-state index contributed by atoms with van der Waals surface area (Å²) in [6.07, 6.45) is 2.48. The molecule has 0 aromatic carbocycles. The van der Waals surface area contributed by atoms with Crippen molar-refractivity contribution in [2.24, 2.45) is 0 Å². The first-order chi connectivity index (χ1) is 7.62. The summed E-state index contributed by atoms with van der Waals surface area (Å²) in [5.41, 5.74) is 0. The summed E-state index contributed by atoms with van der Waals surface area (Å²) in [4.78, 5) is 0. The van der Waals surface area contributed by atoms with E-state index in [0.717, 1.165) is 32.4 Å². The molecule has 0 saturated carbocycles. The highest BCUT2D eigenvalue weighted by Crippen LogP contribution is 2.21. The topological polar surface area (TPSA) is 58.6 Å². The number of hydrogen-bond donors (Lipinski definition) is 1. The summed E-state index contributed by atoms with van der Waals surface area (Å²) in [6, 6.07) is 0.118. The maximum Gasteiger partial charge on any atom is 0.219 e. The van der Waals surface area contributed by atoms with Crippen molar-refractivity contribution in [1.82, 2.24) is 9.62 Å². The van der Waals surface area contributed by atoms with Gasteiger partial charge in [0.25, 0.3) is 0 Å². The average Bonchev–Trinajstić information content (AvgIpc) is 2.82. The lowest BCUT2D eigenvalue weighted by molar-refractivity contribution is 0.0973. The van der Waals surface area contributed by atoms with Crippen LogP contribution in [0.5, 0.6) is 0 Å². The van der Waals surface area contributed by atoms with E-state index in [1.54, 1.807) is 11.4 Å². The molecule has 5 nitrogen and oxygen atoms in total. The van der Waals surface area contributed by atoms with Crippen LogP contribution in [0.15, 0.2) is 0 Å². The van der Waals surface area contributed by atoms with Gasteiger partial charge in [-0.05, 0) is 25.8 Å². The standard InChI is InChI=1S/C10H20N2O3S/c1-12(9-4-5-11-7-9)16(13,14)10-3-2-6-15-8-10/h9-11H,2-8H2,1H3. The van der Waals surface area contributed by atoms with Gasteiger partial charge in [0.05, 0.1) is 11.9 Å². The number of rotatable bonds is 3. The zero-order chi connectivity index (χ0) is 11.6. The van der Waals surface area contributed by atoms with Crippen LogP contribution in [0, 0.1) is 0 Å². The lowest BCUT2D eigenvalue weighted by Crippen LogP contribution is -2.46. The first kappa shape index (κ1) is 12.3. The second-order valence-electron chi connectivity index (χ2n) is 4.55. The van der Waals surface area contributed by atoms with E-state index in [2.05, 4.69) is 5.32 Å². The van der Waals surface area contributed by atoms with Crippen LogP contribution in [-0.4, -0.2) is 57.4 Å². The van der Waals surface area contributed by atoms with Gasteiger partial charge in [-0.2, -0.15) is 0 Å². The molecular formula is C10H20N2O3S. The molecule has 2 atom stereocenters. The molecule has 0 aromatic heterocycles. The van der Waals surface area contributed by atoms with Gasteiger partial charge in [-0.3, -0.25) is 0 Å². The number of ether oxygens (including phenoxy) is 1. The summed E-state index contributed by atoms with van der Waals surface area (Å²) in [5.74, 6) is 0. The minimum Gasteiger partial charge on any atom is -0.380 e. The summed E-state index contributed by atoms with van der Waals surface area (Å²) < 4.78 is 31.4. The van der Waals surface area contributed by atoms with Crippen LogP contribution in [0.4, 0.5) is 0 Å². The van der Waals surface area contributed by atoms with E-state index < -0.39 is 10.0 Å². The van der Waals surface area contributed by atoms with Gasteiger partial charge in [-0.25, -0.2) is 12.7 Å². The largest absolute Gasteiger partial charge is 0.380 e. The predicted molar refractivity (Wildman–Crippen MR) is 61.8 cm³/mol. The summed E-state index contributed by atoms with van der Waals surface area (Å²) >= 11 is 0. The molecule has 2 saturated heterocycles. The van der Waals surface area contributed by atoms with Crippen molar-refractivity contribution >= 4 is 10.0 Å². The van der Waals surface area contributed by atoms with Crippen LogP contribution in [0.2, 0.25) is 0 Å². The third-order valence-corrected chi connectivity index (χ3v) is 5.80. The zero-order valence-corrected chi connectivity index (χ0v) is 10.5. The fraction of sp³-hybridized carbons (Fsp3) is 1.00. The number of likely N-dealkylation sites (N-methyl/N-ethyl adjacent to an activating group) is 1. The minimum absolute atomic E-state index is 0.118. The number of hydrogen-bond acceptors (Lipinski definition) is 4. The van der Waals surface area contributed by atoms with E-state index in [4.69, 9.17) is 4.74 Å². The molecule has 2 rings (SSSR count). The third-order valence-electron chi connectivity index (χ3n) is 3.49. The highest BCUT2D eigenvalue weighted by Gasteiger charge is 2.35. The van der Waals surface area contributed by atoms with Crippen LogP contribution in [-0.2, 0) is 14.8 Å². The molecule has 0 radical (unpaired) electrons. The third kappa shape index (κ3) is 2.40. The van der Waals surface area contributed by atoms with Crippen LogP contribution >= 0.6 is 0 Å². The molecule has 16 heavy (non-hydrogen) atoms. The molecule has 1 N–H and O–H groups in total. The van der Waals surface area contributed by atoms with E-state index in [9.17, 15) is 8.42 Å². The maximum atomic E-state index is 12.3. The first-order valence-electron chi connectivity index (χ1n) is 5.87. The van der Waals surface area contributed by atoms with Crippen LogP contribution in [0.25, 0.3) is 0 Å². The van der Waals surface area contributed by atoms with Gasteiger partial charge in [0.15, 0.2) is 0 Å². The molecule has 2 heterocycles. The molecule has 2 aliphatic rings. The van der Waals surface area contributed by atoms with Gasteiger partial charge in [0.1, 0.15) is 0 Å². The second-order valence-corrected chi connectivity index (χ2v) is 6.82. The fourth-order valence-corrected chi connectivity index (χ4v) is 4.14. The average molecular weight is 248 g/mol. The molecule has 2 aliphatic heterocycles. The Bertz CT molecular complexity index is 319. The quantitative estimate of drug-likeness (QED) is 0.751. The molecule has 0 bridgehead atoms. The molecule has 94 valence electrons. The first-order valence-corrected chi connectivity index (χ1v) is 7.38. The van der Waals surface area contributed by atoms with E-state index >= 15 is 0 Å². The van der Waals surface area contributed by atoms with Crippen molar-refractivity contribution in [3.63, 3.8) is 0 Å². The Balaban J connectivity index is 2.04. The van der Waals surface area contributed by atoms with Gasteiger partial charge in [0, 0.05) is 26.2 Å². The van der Waals surface area contributed by atoms with Crippen LogP contribution < -0.4 is 5.32 Å². The van der Waals surface area contributed by atoms with Gasteiger partial charge >= 0.3 is 0 Å². The Morgan fingerprint density at radius 3 is 2.75 bits per heavy atom. The molecule has 2 unspecified atom stereocenters. The monoisotopic (exact) mass is 248 g/mol. The lowest BCUT2D eigenvalue weighted by atomic mass is 10.2. The van der Waals surface area contributed by atoms with Crippen molar-refractivity contribution in [1.29, 1.82) is 0 Å². The zero-order valence-electron chi connectivity index (χ0n) is 9.68. The maximum absolute atomic E-state index is 12.3. The summed E-state index contributed by atoms with van der Waals surface area (Å²) in [7, 11) is -1.48. The normalized spacial score (nSPS) is 32.1. The highest BCUT2D eigenvalue weighted by molar-refractivity contribution is 7.89. The van der Waals surface area contributed by atoms with E-state index in [1.165, 1.54) is 0 Å². The van der Waals surface area contributed by atoms with Gasteiger partial charge in [-0.15, -0.1) is 0 Å². The van der Waals surface area contributed by atoms with Crippen molar-refractivity contribution in [2.75, 3.05) is 33.4 Å². The van der Waals surface area contributed by atoms with Crippen molar-refractivity contribution in [3.05, 3.63) is 0 Å². The molecule has 0 spiro atoms. The van der Waals surface area contributed by atoms with E-state index in [-0.39, 0.29) is 11.3 Å². The number of nitrogens with one attached hydrogen (secondary N) is 1. The van der Waals surface area contributed by atoms with Crippen LogP contribution in [0.3, 0.4) is 0 Å². The lowest BCUT2D eigenvalue weighted by Gasteiger charge is -2.30. The van der Waals surface area contributed by atoms with Crippen molar-refractivity contribution < 1.29 is 13.2 Å². The molecule has 0 amide bonds. The molecule has 0 aliphatic carbocycles. The molecule has 0 aromatic rings. The Morgan fingerprint density at radius 1 is 1.38 bits per heavy atom. The second kappa shape index (κ2) is 5.00. The minimum atomic E-state index is -3.18. The SMILES string of the molecule is CN(C1CCNC1)S(=O)(=O)C1CCCOC1. The number of sulfonamides is 1. The van der Waals surface area contributed by atoms with Gasteiger partial charge < -0.3 is 10.1 Å².